The lowest BCUT2D eigenvalue weighted by Gasteiger charge is -2.19. The molecule has 0 fully saturated rings. The summed E-state index contributed by atoms with van der Waals surface area (Å²) in [5, 5.41) is 13.4. The van der Waals surface area contributed by atoms with E-state index in [-0.39, 0.29) is 0 Å². The highest BCUT2D eigenvalue weighted by Gasteiger charge is 2.14. The highest BCUT2D eigenvalue weighted by atomic mass is 16.3. The Kier molecular flexibility index (Phi) is 4.74. The number of aliphatic hydroxyl groups excluding tert-OH is 1. The molecule has 2 N–H and O–H groups in total. The average molecular weight is 245 g/mol. The van der Waals surface area contributed by atoms with Gasteiger partial charge < -0.3 is 10.4 Å². The van der Waals surface area contributed by atoms with E-state index in [2.05, 4.69) is 37.5 Å². The van der Waals surface area contributed by atoms with Crippen molar-refractivity contribution in [3.8, 4) is 0 Å². The number of nitrogens with one attached hydrogen (secondary N) is 1. The van der Waals surface area contributed by atoms with Gasteiger partial charge in [0.25, 0.3) is 0 Å². The predicted octanol–water partition coefficient (Wildman–Crippen LogP) is 3.67. The van der Waals surface area contributed by atoms with E-state index < -0.39 is 6.10 Å². The Labute approximate surface area is 110 Å². The second-order valence-corrected chi connectivity index (χ2v) is 5.04. The largest absolute Gasteiger partial charge is 0.388 e. The third-order valence-electron chi connectivity index (χ3n) is 2.90. The van der Waals surface area contributed by atoms with Crippen molar-refractivity contribution in [3.05, 3.63) is 58.9 Å². The Balaban J connectivity index is 2.88. The molecule has 2 heteroatoms. The molecule has 0 saturated carbocycles. The summed E-state index contributed by atoms with van der Waals surface area (Å²) in [6.07, 6.45) is -0.0256. The van der Waals surface area contributed by atoms with Crippen LogP contribution in [-0.2, 0) is 0 Å². The number of aliphatic hydroxyl groups is 1. The lowest BCUT2D eigenvalue weighted by Crippen LogP contribution is -2.13. The lowest BCUT2D eigenvalue weighted by atomic mass is 9.93. The van der Waals surface area contributed by atoms with E-state index in [1.165, 1.54) is 5.56 Å². The van der Waals surface area contributed by atoms with Crippen molar-refractivity contribution < 1.29 is 5.11 Å². The van der Waals surface area contributed by atoms with Gasteiger partial charge in [-0.3, -0.25) is 0 Å². The molecule has 1 aromatic carbocycles. The second kappa shape index (κ2) is 5.87. The van der Waals surface area contributed by atoms with E-state index in [0.717, 1.165) is 28.1 Å². The third-order valence-corrected chi connectivity index (χ3v) is 2.90. The van der Waals surface area contributed by atoms with Crippen LogP contribution < -0.4 is 5.32 Å². The smallest absolute Gasteiger partial charge is 0.0849 e. The minimum Gasteiger partial charge on any atom is -0.388 e. The fourth-order valence-electron chi connectivity index (χ4n) is 2.41. The van der Waals surface area contributed by atoms with Gasteiger partial charge in [0.05, 0.1) is 6.10 Å². The van der Waals surface area contributed by atoms with Crippen LogP contribution in [0.5, 0.6) is 0 Å². The first-order valence-corrected chi connectivity index (χ1v) is 6.17. The van der Waals surface area contributed by atoms with E-state index in [1.54, 1.807) is 0 Å². The van der Waals surface area contributed by atoms with E-state index in [0.29, 0.717) is 6.42 Å². The van der Waals surface area contributed by atoms with Crippen molar-refractivity contribution in [2.45, 2.75) is 40.2 Å². The van der Waals surface area contributed by atoms with Crippen molar-refractivity contribution in [3.63, 3.8) is 0 Å². The lowest BCUT2D eigenvalue weighted by molar-refractivity contribution is 0.175. The summed E-state index contributed by atoms with van der Waals surface area (Å²) < 4.78 is 0. The highest BCUT2D eigenvalue weighted by molar-refractivity contribution is 5.39. The molecular weight excluding hydrogens is 222 g/mol. The predicted molar refractivity (Wildman–Crippen MR) is 77.3 cm³/mol. The molecule has 1 atom stereocenters. The summed E-state index contributed by atoms with van der Waals surface area (Å²) in [7, 11) is 0. The number of allylic oxidation sites excluding steroid dienone is 1. The first-order chi connectivity index (χ1) is 8.31. The van der Waals surface area contributed by atoms with Crippen LogP contribution in [0.25, 0.3) is 0 Å². The molecule has 1 unspecified atom stereocenters. The summed E-state index contributed by atoms with van der Waals surface area (Å²) >= 11 is 0. The third kappa shape index (κ3) is 3.74. The molecule has 0 aliphatic carbocycles. The zero-order valence-corrected chi connectivity index (χ0v) is 11.8. The normalized spacial score (nSPS) is 12.1. The molecule has 0 aromatic heterocycles. The van der Waals surface area contributed by atoms with E-state index in [1.807, 2.05) is 20.8 Å². The maximum atomic E-state index is 10.3. The maximum Gasteiger partial charge on any atom is 0.0849 e. The Morgan fingerprint density at radius 3 is 2.17 bits per heavy atom. The van der Waals surface area contributed by atoms with Gasteiger partial charge in [-0.05, 0) is 44.4 Å². The van der Waals surface area contributed by atoms with E-state index in [4.69, 9.17) is 0 Å². The summed E-state index contributed by atoms with van der Waals surface area (Å²) in [6, 6.07) is 4.20. The molecule has 0 saturated heterocycles. The van der Waals surface area contributed by atoms with Crippen LogP contribution >= 0.6 is 0 Å². The first kappa shape index (κ1) is 14.5. The zero-order valence-electron chi connectivity index (χ0n) is 11.8. The van der Waals surface area contributed by atoms with E-state index in [9.17, 15) is 5.11 Å². The number of benzene rings is 1. The molecule has 0 aliphatic heterocycles. The molecule has 0 radical (unpaired) electrons. The van der Waals surface area contributed by atoms with Gasteiger partial charge in [-0.25, -0.2) is 0 Å². The Hall–Kier alpha value is -1.54. The van der Waals surface area contributed by atoms with Crippen LogP contribution in [0.1, 0.15) is 41.7 Å². The van der Waals surface area contributed by atoms with Crippen LogP contribution in [0.2, 0.25) is 0 Å². The Bertz CT molecular complexity index is 451. The van der Waals surface area contributed by atoms with Gasteiger partial charge in [0, 0.05) is 17.8 Å². The first-order valence-electron chi connectivity index (χ1n) is 6.17. The number of rotatable bonds is 5. The van der Waals surface area contributed by atoms with Gasteiger partial charge in [0.15, 0.2) is 0 Å². The van der Waals surface area contributed by atoms with Crippen LogP contribution in [-0.4, -0.2) is 5.11 Å². The molecule has 0 spiro atoms. The van der Waals surface area contributed by atoms with Gasteiger partial charge in [-0.15, -0.1) is 0 Å². The minimum atomic E-state index is -0.523. The van der Waals surface area contributed by atoms with Crippen LogP contribution in [0.4, 0.5) is 0 Å². The van der Waals surface area contributed by atoms with Crippen LogP contribution in [0.15, 0.2) is 36.7 Å². The van der Waals surface area contributed by atoms with Gasteiger partial charge in [0.1, 0.15) is 0 Å². The molecule has 0 aliphatic rings. The Morgan fingerprint density at radius 2 is 1.72 bits per heavy atom. The number of aryl methyl sites for hydroxylation is 3. The molecule has 1 aromatic rings. The summed E-state index contributed by atoms with van der Waals surface area (Å²) in [5.74, 6) is 0. The average Bonchev–Trinajstić information content (AvgIpc) is 2.12. The van der Waals surface area contributed by atoms with Crippen molar-refractivity contribution >= 4 is 0 Å². The molecule has 2 nitrogen and oxygen atoms in total. The topological polar surface area (TPSA) is 32.3 Å². The maximum absolute atomic E-state index is 10.3. The summed E-state index contributed by atoms with van der Waals surface area (Å²) in [4.78, 5) is 0. The SMILES string of the molecule is C=C(C)NC(=C)CC(O)c1c(C)cc(C)cc1C. The molecule has 0 bridgehead atoms. The quantitative estimate of drug-likeness (QED) is 0.829. The van der Waals surface area contributed by atoms with Crippen LogP contribution in [0, 0.1) is 20.8 Å². The molecule has 0 amide bonds. The summed E-state index contributed by atoms with van der Waals surface area (Å²) in [6.45, 7) is 15.7. The highest BCUT2D eigenvalue weighted by Crippen LogP contribution is 2.27. The van der Waals surface area contributed by atoms with Crippen molar-refractivity contribution in [2.75, 3.05) is 0 Å². The number of hydrogen-bond acceptors (Lipinski definition) is 2. The fraction of sp³-hybridized carbons (Fsp3) is 0.375. The van der Waals surface area contributed by atoms with Gasteiger partial charge >= 0.3 is 0 Å². The Morgan fingerprint density at radius 1 is 1.22 bits per heavy atom. The van der Waals surface area contributed by atoms with Gasteiger partial charge in [-0.2, -0.15) is 0 Å². The fourth-order valence-corrected chi connectivity index (χ4v) is 2.41. The van der Waals surface area contributed by atoms with Crippen LogP contribution in [0.3, 0.4) is 0 Å². The standard InChI is InChI=1S/C16H23NO/c1-10(2)17-14(6)9-15(18)16-12(4)7-11(3)8-13(16)5/h7-8,15,17-18H,1,6,9H2,2-5H3. The second-order valence-electron chi connectivity index (χ2n) is 5.04. The molecule has 1 rings (SSSR count). The van der Waals surface area contributed by atoms with E-state index >= 15 is 0 Å². The van der Waals surface area contributed by atoms with Crippen molar-refractivity contribution in [1.82, 2.24) is 5.32 Å². The molecule has 0 heterocycles. The van der Waals surface area contributed by atoms with Gasteiger partial charge in [0.2, 0.25) is 0 Å². The minimum absolute atomic E-state index is 0.498. The van der Waals surface area contributed by atoms with Gasteiger partial charge in [-0.1, -0.05) is 30.9 Å². The summed E-state index contributed by atoms with van der Waals surface area (Å²) in [5.41, 5.74) is 6.11. The molecule has 98 valence electrons. The molecular formula is C16H23NO. The monoisotopic (exact) mass is 245 g/mol. The zero-order chi connectivity index (χ0) is 13.9. The van der Waals surface area contributed by atoms with Crippen molar-refractivity contribution in [1.29, 1.82) is 0 Å². The number of hydrogen-bond donors (Lipinski definition) is 2. The molecule has 18 heavy (non-hydrogen) atoms. The van der Waals surface area contributed by atoms with Crippen molar-refractivity contribution in [2.24, 2.45) is 0 Å².